The molecule has 0 aromatic rings. The molecule has 0 amide bonds. The summed E-state index contributed by atoms with van der Waals surface area (Å²) in [5.41, 5.74) is 4.40. The van der Waals surface area contributed by atoms with Gasteiger partial charge in [-0.15, -0.1) is 0 Å². The fourth-order valence-corrected chi connectivity index (χ4v) is 0.296. The van der Waals surface area contributed by atoms with Crippen LogP contribution in [0, 0.1) is 0 Å². The molecule has 0 aromatic heterocycles. The average molecular weight is 222 g/mol. The fourth-order valence-electron chi connectivity index (χ4n) is 0.151. The van der Waals surface area contributed by atoms with Crippen LogP contribution >= 0.6 is 24.4 Å². The standard InChI is InChI=1S/C3H7NOS.CH3NOS.K.H/c1-2-4-3(5)6;2-1(3)4;;/h2H2,1H3,(H2,4,5,6);(H3,2,3,4);;. The maximum atomic E-state index is 8.17. The Morgan fingerprint density at radius 3 is 1.73 bits per heavy atom. The first kappa shape index (κ1) is 17.9. The number of rotatable bonds is 1. The van der Waals surface area contributed by atoms with Crippen LogP contribution in [0.25, 0.3) is 0 Å². The molecular formula is C4H11KN2O2S2. The van der Waals surface area contributed by atoms with Crippen LogP contribution in [-0.4, -0.2) is 78.5 Å². The zero-order valence-electron chi connectivity index (χ0n) is 5.50. The minimum absolute atomic E-state index is 0. The number of nitrogens with two attached hydrogens (primary N) is 1. The summed E-state index contributed by atoms with van der Waals surface area (Å²) in [5, 5.41) is 17.6. The summed E-state index contributed by atoms with van der Waals surface area (Å²) in [6.45, 7) is 2.55. The van der Waals surface area contributed by atoms with Gasteiger partial charge in [-0.3, -0.25) is 0 Å². The summed E-state index contributed by atoms with van der Waals surface area (Å²) < 4.78 is 0. The van der Waals surface area contributed by atoms with E-state index < -0.39 is 5.17 Å². The number of hydrogen-bond donors (Lipinski definition) is 4. The third-order valence-corrected chi connectivity index (χ3v) is 0.472. The number of nitrogens with one attached hydrogen (secondary N) is 1. The van der Waals surface area contributed by atoms with E-state index in [1.807, 2.05) is 6.92 Å². The van der Waals surface area contributed by atoms with Gasteiger partial charge in [-0.25, -0.2) is 0 Å². The van der Waals surface area contributed by atoms with Crippen molar-refractivity contribution in [3.8, 4) is 0 Å². The molecule has 62 valence electrons. The molecule has 0 aromatic carbocycles. The predicted molar refractivity (Wildman–Crippen MR) is 55.5 cm³/mol. The summed E-state index contributed by atoms with van der Waals surface area (Å²) in [5.74, 6) is 0. The Labute approximate surface area is 119 Å². The molecule has 0 unspecified atom stereocenters. The number of thiocarbonyl (C=S) groups is 2. The Morgan fingerprint density at radius 1 is 1.45 bits per heavy atom. The molecule has 0 aliphatic carbocycles. The molecule has 5 N–H and O–H groups in total. The zero-order chi connectivity index (χ0) is 8.57. The van der Waals surface area contributed by atoms with Crippen LogP contribution in [-0.2, 0) is 0 Å². The SMILES string of the molecule is CCNC(O)=S.NC(O)=S.[KH]. The van der Waals surface area contributed by atoms with Gasteiger partial charge in [-0.2, -0.15) is 0 Å². The first-order valence-electron chi connectivity index (χ1n) is 2.45. The van der Waals surface area contributed by atoms with Crippen LogP contribution in [0.2, 0.25) is 0 Å². The van der Waals surface area contributed by atoms with E-state index >= 15 is 0 Å². The van der Waals surface area contributed by atoms with Crippen molar-refractivity contribution in [1.82, 2.24) is 5.32 Å². The fraction of sp³-hybridized carbons (Fsp3) is 0.500. The van der Waals surface area contributed by atoms with Crippen LogP contribution in [0.1, 0.15) is 6.92 Å². The van der Waals surface area contributed by atoms with Crippen molar-refractivity contribution < 1.29 is 10.2 Å². The molecule has 0 fully saturated rings. The molecule has 0 saturated carbocycles. The topological polar surface area (TPSA) is 78.5 Å². The summed E-state index contributed by atoms with van der Waals surface area (Å²) >= 11 is 8.11. The van der Waals surface area contributed by atoms with Crippen molar-refractivity contribution in [3.05, 3.63) is 0 Å². The van der Waals surface area contributed by atoms with Crippen molar-refractivity contribution in [1.29, 1.82) is 0 Å². The number of hydrogen-bond acceptors (Lipinski definition) is 2. The first-order chi connectivity index (χ1) is 4.50. The zero-order valence-corrected chi connectivity index (χ0v) is 7.13. The van der Waals surface area contributed by atoms with E-state index in [2.05, 4.69) is 35.5 Å². The second-order valence-corrected chi connectivity index (χ2v) is 1.98. The van der Waals surface area contributed by atoms with E-state index in [0.717, 1.165) is 0 Å². The van der Waals surface area contributed by atoms with Crippen molar-refractivity contribution in [2.45, 2.75) is 6.92 Å². The van der Waals surface area contributed by atoms with Gasteiger partial charge in [-0.1, -0.05) is 0 Å². The Bertz CT molecular complexity index is 119. The summed E-state index contributed by atoms with van der Waals surface area (Å²) in [6, 6.07) is 0. The molecule has 0 saturated heterocycles. The Balaban J connectivity index is -0.000000114. The van der Waals surface area contributed by atoms with Crippen molar-refractivity contribution >= 4 is 86.2 Å². The molecule has 0 rings (SSSR count). The molecule has 0 aliphatic rings. The molecule has 0 spiro atoms. The van der Waals surface area contributed by atoms with Gasteiger partial charge in [0.05, 0.1) is 0 Å². The van der Waals surface area contributed by atoms with E-state index in [1.54, 1.807) is 0 Å². The monoisotopic (exact) mass is 222 g/mol. The molecule has 4 nitrogen and oxygen atoms in total. The van der Waals surface area contributed by atoms with Gasteiger partial charge in [0.1, 0.15) is 0 Å². The van der Waals surface area contributed by atoms with Crippen LogP contribution < -0.4 is 11.1 Å². The summed E-state index contributed by atoms with van der Waals surface area (Å²) in [6.07, 6.45) is 0. The van der Waals surface area contributed by atoms with E-state index in [-0.39, 0.29) is 56.6 Å². The predicted octanol–water partition coefficient (Wildman–Crippen LogP) is -0.422. The average Bonchev–Trinajstić information content (AvgIpc) is 1.62. The Hall–Kier alpha value is 1.02. The molecule has 0 aliphatic heterocycles. The van der Waals surface area contributed by atoms with E-state index in [0.29, 0.717) is 6.54 Å². The molecule has 7 heteroatoms. The van der Waals surface area contributed by atoms with Crippen LogP contribution in [0.4, 0.5) is 0 Å². The van der Waals surface area contributed by atoms with Gasteiger partial charge in [-0.05, 0) is 31.4 Å². The van der Waals surface area contributed by atoms with E-state index in [9.17, 15) is 0 Å². The molecule has 0 radical (unpaired) electrons. The summed E-state index contributed by atoms with van der Waals surface area (Å²) in [4.78, 5) is 0. The molecule has 0 heterocycles. The van der Waals surface area contributed by atoms with Gasteiger partial charge in [0.15, 0.2) is 0 Å². The Morgan fingerprint density at radius 2 is 1.73 bits per heavy atom. The maximum absolute atomic E-state index is 8.17. The van der Waals surface area contributed by atoms with Crippen LogP contribution in [0.5, 0.6) is 0 Å². The van der Waals surface area contributed by atoms with Gasteiger partial charge < -0.3 is 21.3 Å². The van der Waals surface area contributed by atoms with Gasteiger partial charge in [0.2, 0.25) is 0 Å². The molecule has 0 atom stereocenters. The third-order valence-electron chi connectivity index (χ3n) is 0.328. The van der Waals surface area contributed by atoms with Crippen LogP contribution in [0.15, 0.2) is 0 Å². The Kier molecular flexibility index (Phi) is 22.2. The minimum atomic E-state index is -0.500. The quantitative estimate of drug-likeness (QED) is 0.356. The number of aliphatic hydroxyl groups is 2. The molecule has 11 heavy (non-hydrogen) atoms. The van der Waals surface area contributed by atoms with Gasteiger partial charge >= 0.3 is 51.4 Å². The number of aliphatic hydroxyl groups excluding tert-OH is 2. The van der Waals surface area contributed by atoms with Crippen molar-refractivity contribution in [3.63, 3.8) is 0 Å². The van der Waals surface area contributed by atoms with Gasteiger partial charge in [0.25, 0.3) is 10.3 Å². The van der Waals surface area contributed by atoms with Gasteiger partial charge in [0, 0.05) is 6.54 Å². The molecular weight excluding hydrogens is 211 g/mol. The van der Waals surface area contributed by atoms with Crippen molar-refractivity contribution in [2.75, 3.05) is 6.54 Å². The second kappa shape index (κ2) is 13.6. The summed E-state index contributed by atoms with van der Waals surface area (Å²) in [7, 11) is 0. The molecule has 0 bridgehead atoms. The van der Waals surface area contributed by atoms with Crippen molar-refractivity contribution in [2.24, 2.45) is 5.73 Å². The van der Waals surface area contributed by atoms with E-state index in [1.165, 1.54) is 0 Å². The third kappa shape index (κ3) is 55.5. The van der Waals surface area contributed by atoms with E-state index in [4.69, 9.17) is 10.2 Å². The first-order valence-corrected chi connectivity index (χ1v) is 3.27. The second-order valence-electron chi connectivity index (χ2n) is 1.17. The van der Waals surface area contributed by atoms with Crippen LogP contribution in [0.3, 0.4) is 0 Å². The normalized spacial score (nSPS) is 6.27.